The summed E-state index contributed by atoms with van der Waals surface area (Å²) in [6, 6.07) is -1.26. The van der Waals surface area contributed by atoms with Crippen LogP contribution in [0.3, 0.4) is 0 Å². The molecular weight excluding hydrogens is 373 g/mol. The lowest BCUT2D eigenvalue weighted by molar-refractivity contribution is -0.350. The zero-order chi connectivity index (χ0) is 20.3. The van der Waals surface area contributed by atoms with Gasteiger partial charge in [0, 0.05) is 14.0 Å². The number of nitrogens with one attached hydrogen (secondary N) is 1. The number of methoxy groups -OCH3 is 1. The number of hydrogen-bond donors (Lipinski definition) is 6. The van der Waals surface area contributed by atoms with Crippen LogP contribution in [0, 0.1) is 0 Å². The lowest BCUT2D eigenvalue weighted by Gasteiger charge is -2.46. The van der Waals surface area contributed by atoms with Gasteiger partial charge in [0.25, 0.3) is 0 Å². The summed E-state index contributed by atoms with van der Waals surface area (Å²) in [6.45, 7) is -0.563. The van der Waals surface area contributed by atoms with E-state index in [9.17, 15) is 34.7 Å². The molecule has 0 unspecified atom stereocenters. The summed E-state index contributed by atoms with van der Waals surface area (Å²) in [7, 11) is 1.21. The highest BCUT2D eigenvalue weighted by molar-refractivity contribution is 5.73. The second-order valence-corrected chi connectivity index (χ2v) is 6.45. The molecule has 0 aromatic rings. The van der Waals surface area contributed by atoms with Crippen molar-refractivity contribution < 1.29 is 53.7 Å². The molecule has 2 aliphatic heterocycles. The lowest BCUT2D eigenvalue weighted by Crippen LogP contribution is -2.67. The number of hydrogen-bond acceptors (Lipinski definition) is 10. The fourth-order valence-corrected chi connectivity index (χ4v) is 3.11. The first-order chi connectivity index (χ1) is 12.7. The van der Waals surface area contributed by atoms with E-state index in [0.717, 1.165) is 0 Å². The van der Waals surface area contributed by atoms with Crippen molar-refractivity contribution in [1.82, 2.24) is 5.32 Å². The first-order valence-electron chi connectivity index (χ1n) is 8.40. The Labute approximate surface area is 154 Å². The van der Waals surface area contributed by atoms with Gasteiger partial charge < -0.3 is 49.8 Å². The first kappa shape index (κ1) is 22.3. The second kappa shape index (κ2) is 9.49. The number of ether oxygens (including phenoxy) is 4. The third-order valence-electron chi connectivity index (χ3n) is 4.57. The number of aliphatic hydroxyl groups is 5. The highest BCUT2D eigenvalue weighted by Gasteiger charge is 2.51. The van der Waals surface area contributed by atoms with Crippen molar-refractivity contribution in [3.05, 3.63) is 0 Å². The number of amides is 1. The maximum absolute atomic E-state index is 12.9. The molecule has 12 heteroatoms. The number of carbonyl (C=O) groups excluding carboxylic acids is 1. The van der Waals surface area contributed by atoms with Crippen molar-refractivity contribution in [3.63, 3.8) is 0 Å². The summed E-state index contributed by atoms with van der Waals surface area (Å²) in [5, 5.41) is 52.1. The Hall–Kier alpha value is -0.960. The lowest BCUT2D eigenvalue weighted by atomic mass is 9.96. The van der Waals surface area contributed by atoms with Crippen LogP contribution in [0.15, 0.2) is 0 Å². The van der Waals surface area contributed by atoms with Gasteiger partial charge in [-0.3, -0.25) is 4.79 Å². The van der Waals surface area contributed by atoms with Gasteiger partial charge >= 0.3 is 0 Å². The molecule has 0 aromatic carbocycles. The molecule has 0 bridgehead atoms. The Balaban J connectivity index is 2.22. The molecule has 0 radical (unpaired) electrons. The summed E-state index contributed by atoms with van der Waals surface area (Å²) in [4.78, 5) is 11.4. The van der Waals surface area contributed by atoms with Crippen molar-refractivity contribution in [2.45, 2.75) is 68.3 Å². The van der Waals surface area contributed by atoms with Gasteiger partial charge in [-0.15, -0.1) is 0 Å². The van der Waals surface area contributed by atoms with Crippen LogP contribution < -0.4 is 5.32 Å². The summed E-state index contributed by atoms with van der Waals surface area (Å²) in [5.74, 6) is -0.563. The van der Waals surface area contributed by atoms with Crippen LogP contribution in [0.4, 0.5) is 4.39 Å². The molecule has 2 fully saturated rings. The van der Waals surface area contributed by atoms with Crippen LogP contribution in [-0.4, -0.2) is 113 Å². The van der Waals surface area contributed by atoms with Crippen LogP contribution in [0.1, 0.15) is 6.92 Å². The second-order valence-electron chi connectivity index (χ2n) is 6.45. The molecule has 2 rings (SSSR count). The Morgan fingerprint density at radius 1 is 1.04 bits per heavy atom. The van der Waals surface area contributed by atoms with Crippen molar-refractivity contribution in [2.24, 2.45) is 0 Å². The van der Waals surface area contributed by atoms with E-state index in [4.69, 9.17) is 18.9 Å². The molecule has 27 heavy (non-hydrogen) atoms. The van der Waals surface area contributed by atoms with Crippen molar-refractivity contribution in [2.75, 3.05) is 20.4 Å². The van der Waals surface area contributed by atoms with E-state index in [1.165, 1.54) is 14.0 Å². The van der Waals surface area contributed by atoms with Crippen molar-refractivity contribution in [3.8, 4) is 0 Å². The zero-order valence-corrected chi connectivity index (χ0v) is 14.8. The van der Waals surface area contributed by atoms with E-state index in [0.29, 0.717) is 0 Å². The maximum Gasteiger partial charge on any atom is 0.217 e. The van der Waals surface area contributed by atoms with Gasteiger partial charge in [-0.1, -0.05) is 0 Å². The normalized spacial score (nSPS) is 45.5. The Morgan fingerprint density at radius 2 is 1.63 bits per heavy atom. The quantitative estimate of drug-likeness (QED) is 0.262. The predicted molar refractivity (Wildman–Crippen MR) is 83.9 cm³/mol. The van der Waals surface area contributed by atoms with Crippen LogP contribution in [-0.2, 0) is 23.7 Å². The number of carbonyl (C=O) groups is 1. The molecule has 2 heterocycles. The molecule has 11 nitrogen and oxygen atoms in total. The molecule has 0 aliphatic carbocycles. The smallest absolute Gasteiger partial charge is 0.217 e. The summed E-state index contributed by atoms with van der Waals surface area (Å²) < 4.78 is 34.1. The van der Waals surface area contributed by atoms with E-state index in [1.54, 1.807) is 0 Å². The van der Waals surface area contributed by atoms with Gasteiger partial charge in [-0.05, 0) is 0 Å². The zero-order valence-electron chi connectivity index (χ0n) is 14.8. The molecule has 6 N–H and O–H groups in total. The third kappa shape index (κ3) is 4.72. The topological polar surface area (TPSA) is 167 Å². The third-order valence-corrected chi connectivity index (χ3v) is 4.57. The monoisotopic (exact) mass is 399 g/mol. The van der Waals surface area contributed by atoms with Crippen molar-refractivity contribution in [1.29, 1.82) is 0 Å². The minimum Gasteiger partial charge on any atom is -0.394 e. The first-order valence-corrected chi connectivity index (χ1v) is 8.40. The molecule has 0 aromatic heterocycles. The number of aliphatic hydroxyl groups excluding tert-OH is 5. The summed E-state index contributed by atoms with van der Waals surface area (Å²) in [6.07, 6.45) is -13.0. The van der Waals surface area contributed by atoms with Crippen LogP contribution >= 0.6 is 0 Å². The Bertz CT molecular complexity index is 497. The van der Waals surface area contributed by atoms with Crippen LogP contribution in [0.5, 0.6) is 0 Å². The van der Waals surface area contributed by atoms with Crippen molar-refractivity contribution >= 4 is 5.91 Å². The van der Waals surface area contributed by atoms with Crippen LogP contribution in [0.2, 0.25) is 0 Å². The SMILES string of the molecule is CO[C@H]1O[C@H](CF)[C@@H](O)[C@H](O)[C@@H]1O[C@@H]1O[C@H](CO)[C@@H](O)[C@H](O)[C@H]1NC(C)=O. The molecule has 1 amide bonds. The number of halogens is 1. The van der Waals surface area contributed by atoms with E-state index in [-0.39, 0.29) is 0 Å². The maximum atomic E-state index is 12.9. The van der Waals surface area contributed by atoms with E-state index < -0.39 is 80.5 Å². The highest BCUT2D eigenvalue weighted by atomic mass is 19.1. The molecule has 0 saturated carbocycles. The molecular formula is C15H26FNO10. The fraction of sp³-hybridized carbons (Fsp3) is 0.933. The fourth-order valence-electron chi connectivity index (χ4n) is 3.11. The summed E-state index contributed by atoms with van der Waals surface area (Å²) >= 11 is 0. The minimum atomic E-state index is -1.64. The largest absolute Gasteiger partial charge is 0.394 e. The molecule has 2 aliphatic rings. The molecule has 10 atom stereocenters. The van der Waals surface area contributed by atoms with E-state index >= 15 is 0 Å². The van der Waals surface area contributed by atoms with E-state index in [1.807, 2.05) is 0 Å². The summed E-state index contributed by atoms with van der Waals surface area (Å²) in [5.41, 5.74) is 0. The predicted octanol–water partition coefficient (Wildman–Crippen LogP) is -3.62. The molecule has 158 valence electrons. The van der Waals surface area contributed by atoms with Gasteiger partial charge in [-0.2, -0.15) is 0 Å². The minimum absolute atomic E-state index is 0.563. The number of alkyl halides is 1. The average molecular weight is 399 g/mol. The van der Waals surface area contributed by atoms with Gasteiger partial charge in [0.05, 0.1) is 6.61 Å². The van der Waals surface area contributed by atoms with Gasteiger partial charge in [0.2, 0.25) is 5.91 Å². The Morgan fingerprint density at radius 3 is 2.15 bits per heavy atom. The average Bonchev–Trinajstić information content (AvgIpc) is 2.64. The van der Waals surface area contributed by atoms with Gasteiger partial charge in [0.15, 0.2) is 12.6 Å². The van der Waals surface area contributed by atoms with Gasteiger partial charge in [0.1, 0.15) is 55.4 Å². The number of rotatable bonds is 6. The Kier molecular flexibility index (Phi) is 7.85. The van der Waals surface area contributed by atoms with Gasteiger partial charge in [-0.25, -0.2) is 4.39 Å². The van der Waals surface area contributed by atoms with E-state index in [2.05, 4.69) is 5.32 Å². The standard InChI is InChI=1S/C15H26FNO10/c1-5(19)17-8-11(22)10(21)7(4-18)26-14(8)27-13-12(23)9(20)6(3-16)25-15(13)24-2/h6-15,18,20-23H,3-4H2,1-2H3,(H,17,19)/t6-,7-,8-,9-,10-,11-,12+,13+,14+,15+/m1/s1. The highest BCUT2D eigenvalue weighted by Crippen LogP contribution is 2.29. The molecule has 2 saturated heterocycles. The molecule has 0 spiro atoms. The van der Waals surface area contributed by atoms with Crippen LogP contribution in [0.25, 0.3) is 0 Å².